The van der Waals surface area contributed by atoms with Crippen molar-refractivity contribution in [2.24, 2.45) is 5.92 Å². The number of ether oxygens (including phenoxy) is 3. The first kappa shape index (κ1) is 27.4. The number of esters is 1. The predicted molar refractivity (Wildman–Crippen MR) is 142 cm³/mol. The first-order chi connectivity index (χ1) is 19.0. The van der Waals surface area contributed by atoms with Crippen LogP contribution in [-0.4, -0.2) is 64.6 Å². The molecule has 4 aromatic rings. The fourth-order valence-electron chi connectivity index (χ4n) is 4.21. The van der Waals surface area contributed by atoms with Crippen LogP contribution in [-0.2, 0) is 9.53 Å². The van der Waals surface area contributed by atoms with Gasteiger partial charge in [-0.1, -0.05) is 6.07 Å². The first-order valence-corrected chi connectivity index (χ1v) is 12.3. The summed E-state index contributed by atoms with van der Waals surface area (Å²) < 4.78 is 35.6. The monoisotopic (exact) mass is 541 g/mol. The molecule has 1 aliphatic rings. The summed E-state index contributed by atoms with van der Waals surface area (Å²) in [7, 11) is 3.15. The Morgan fingerprint density at radius 3 is 2.49 bits per heavy atom. The number of halogens is 1. The highest BCUT2D eigenvalue weighted by Crippen LogP contribution is 2.36. The van der Waals surface area contributed by atoms with Gasteiger partial charge in [-0.15, -0.1) is 10.2 Å². The van der Waals surface area contributed by atoms with Gasteiger partial charge in [0.05, 0.1) is 45.4 Å². The smallest absolute Gasteiger partial charge is 0.310 e. The molecular formula is C26H32FN7O5. The number of aromatic nitrogens is 5. The minimum atomic E-state index is -0.460. The topological polar surface area (TPSA) is 144 Å². The van der Waals surface area contributed by atoms with E-state index < -0.39 is 5.82 Å². The van der Waals surface area contributed by atoms with Crippen LogP contribution in [0.25, 0.3) is 17.3 Å². The molecule has 0 unspecified atom stereocenters. The summed E-state index contributed by atoms with van der Waals surface area (Å²) in [6, 6.07) is 8.99. The Kier molecular flexibility index (Phi) is 8.92. The van der Waals surface area contributed by atoms with Crippen LogP contribution in [0, 0.1) is 11.7 Å². The quantitative estimate of drug-likeness (QED) is 0.341. The molecule has 208 valence electrons. The molecule has 0 radical (unpaired) electrons. The van der Waals surface area contributed by atoms with E-state index in [1.807, 2.05) is 23.1 Å². The number of furan rings is 1. The maximum atomic E-state index is 12.7. The zero-order valence-corrected chi connectivity index (χ0v) is 21.9. The Labute approximate surface area is 226 Å². The second kappa shape index (κ2) is 12.7. The van der Waals surface area contributed by atoms with Crippen LogP contribution >= 0.6 is 0 Å². The Balaban J connectivity index is 0.000000218. The fraction of sp³-hybridized carbons (Fsp3) is 0.346. The number of anilines is 2. The van der Waals surface area contributed by atoms with E-state index >= 15 is 0 Å². The molecule has 0 aliphatic carbocycles. The summed E-state index contributed by atoms with van der Waals surface area (Å²) in [5, 5.41) is 7.99. The van der Waals surface area contributed by atoms with E-state index in [0.717, 1.165) is 31.8 Å². The number of hydrogen-bond acceptors (Lipinski definition) is 11. The lowest BCUT2D eigenvalue weighted by atomic mass is 9.98. The molecule has 1 fully saturated rings. The van der Waals surface area contributed by atoms with Crippen molar-refractivity contribution in [3.8, 4) is 28.8 Å². The van der Waals surface area contributed by atoms with Crippen molar-refractivity contribution in [3.05, 3.63) is 54.8 Å². The van der Waals surface area contributed by atoms with Crippen molar-refractivity contribution >= 4 is 17.9 Å². The van der Waals surface area contributed by atoms with E-state index in [4.69, 9.17) is 24.4 Å². The van der Waals surface area contributed by atoms with Gasteiger partial charge in [0.1, 0.15) is 17.2 Å². The van der Waals surface area contributed by atoms with E-state index in [9.17, 15) is 9.18 Å². The van der Waals surface area contributed by atoms with Crippen LogP contribution in [0.1, 0.15) is 21.2 Å². The highest BCUT2D eigenvalue weighted by molar-refractivity contribution is 5.73. The number of rotatable bonds is 7. The van der Waals surface area contributed by atoms with Gasteiger partial charge in [-0.2, -0.15) is 0 Å². The molecule has 1 aliphatic heterocycles. The van der Waals surface area contributed by atoms with Crippen molar-refractivity contribution in [2.45, 2.75) is 19.8 Å². The Morgan fingerprint density at radius 1 is 1.15 bits per heavy atom. The summed E-state index contributed by atoms with van der Waals surface area (Å²) in [6.07, 6.45) is 5.53. The van der Waals surface area contributed by atoms with Crippen LogP contribution < -0.4 is 20.1 Å². The molecule has 3 aromatic heterocycles. The molecule has 12 nitrogen and oxygen atoms in total. The number of benzene rings is 1. The molecular weight excluding hydrogens is 509 g/mol. The van der Waals surface area contributed by atoms with E-state index in [-0.39, 0.29) is 19.3 Å². The molecule has 1 aromatic carbocycles. The lowest BCUT2D eigenvalue weighted by Gasteiger charge is -2.31. The van der Waals surface area contributed by atoms with E-state index in [2.05, 4.69) is 20.2 Å². The molecule has 5 rings (SSSR count). The number of carbonyl (C=O) groups is 1. The molecule has 0 amide bonds. The van der Waals surface area contributed by atoms with Crippen molar-refractivity contribution in [2.75, 3.05) is 44.5 Å². The van der Waals surface area contributed by atoms with Crippen LogP contribution in [0.2, 0.25) is 0 Å². The highest BCUT2D eigenvalue weighted by atomic mass is 19.1. The van der Waals surface area contributed by atoms with Gasteiger partial charge < -0.3 is 29.3 Å². The second-order valence-electron chi connectivity index (χ2n) is 8.44. The average Bonchev–Trinajstić information content (AvgIpc) is 3.63. The fourth-order valence-corrected chi connectivity index (χ4v) is 4.21. The lowest BCUT2D eigenvalue weighted by molar-refractivity contribution is -0.148. The van der Waals surface area contributed by atoms with Crippen molar-refractivity contribution < 1.29 is 29.2 Å². The van der Waals surface area contributed by atoms with Gasteiger partial charge in [-0.25, -0.2) is 14.4 Å². The van der Waals surface area contributed by atoms with Crippen LogP contribution in [0.15, 0.2) is 53.4 Å². The SMILES string of the molecule is CCOC(=O)[C@H]1CCCN(c2ncc(F)cn2)C1.COc1cccc(OC)c1-n1c(N)nnc1-c1ccco1.[HH]. The van der Waals surface area contributed by atoms with Crippen LogP contribution in [0.4, 0.5) is 16.3 Å². The minimum Gasteiger partial charge on any atom is -0.494 e. The molecule has 0 spiro atoms. The third kappa shape index (κ3) is 6.25. The van der Waals surface area contributed by atoms with E-state index in [1.165, 1.54) is 0 Å². The maximum Gasteiger partial charge on any atom is 0.310 e. The molecule has 2 N–H and O–H groups in total. The average molecular weight is 542 g/mol. The van der Waals surface area contributed by atoms with E-state index in [0.29, 0.717) is 47.9 Å². The summed E-state index contributed by atoms with van der Waals surface area (Å²) in [4.78, 5) is 21.4. The predicted octanol–water partition coefficient (Wildman–Crippen LogP) is 3.77. The Bertz CT molecular complexity index is 1350. The van der Waals surface area contributed by atoms with Gasteiger partial charge in [0.15, 0.2) is 11.6 Å². The molecule has 0 bridgehead atoms. The molecule has 4 heterocycles. The molecule has 13 heteroatoms. The van der Waals surface area contributed by atoms with Crippen molar-refractivity contribution in [1.82, 2.24) is 24.7 Å². The number of hydrogen-bond donors (Lipinski definition) is 1. The number of methoxy groups -OCH3 is 2. The molecule has 0 saturated carbocycles. The summed E-state index contributed by atoms with van der Waals surface area (Å²) in [5.41, 5.74) is 6.58. The largest absolute Gasteiger partial charge is 0.494 e. The minimum absolute atomic E-state index is 0. The molecule has 39 heavy (non-hydrogen) atoms. The molecule has 1 atom stereocenters. The summed E-state index contributed by atoms with van der Waals surface area (Å²) in [5.74, 6) is 2.10. The van der Waals surface area contributed by atoms with Gasteiger partial charge in [-0.05, 0) is 44.0 Å². The third-order valence-corrected chi connectivity index (χ3v) is 5.99. The van der Waals surface area contributed by atoms with E-state index in [1.54, 1.807) is 44.1 Å². The number of nitrogens with zero attached hydrogens (tertiary/aromatic N) is 6. The van der Waals surface area contributed by atoms with Gasteiger partial charge in [0.25, 0.3) is 0 Å². The number of carbonyl (C=O) groups excluding carboxylic acids is 1. The van der Waals surface area contributed by atoms with Gasteiger partial charge in [0.2, 0.25) is 17.7 Å². The van der Waals surface area contributed by atoms with Crippen LogP contribution in [0.5, 0.6) is 11.5 Å². The number of nitrogens with two attached hydrogens (primary N) is 1. The Hall–Kier alpha value is -4.68. The lowest BCUT2D eigenvalue weighted by Crippen LogP contribution is -2.40. The number of para-hydroxylation sites is 1. The van der Waals surface area contributed by atoms with Crippen molar-refractivity contribution in [3.63, 3.8) is 0 Å². The zero-order chi connectivity index (χ0) is 27.8. The standard InChI is InChI=1S/C14H14N4O3.C12H16FN3O2.H2/c1-19-9-5-3-6-10(20-2)12(9)18-13(16-17-14(18)15)11-7-4-8-21-11;1-2-18-11(17)9-4-3-5-16(8-9)12-14-6-10(13)7-15-12;/h3-8H,1-2H3,(H2,15,17);6-7,9H,2-5,8H2,1H3;1H/t;9-;/m.0./s1. The van der Waals surface area contributed by atoms with Crippen molar-refractivity contribution in [1.29, 1.82) is 0 Å². The first-order valence-electron chi connectivity index (χ1n) is 12.3. The summed E-state index contributed by atoms with van der Waals surface area (Å²) in [6.45, 7) is 3.50. The Morgan fingerprint density at radius 2 is 1.87 bits per heavy atom. The maximum absolute atomic E-state index is 12.7. The third-order valence-electron chi connectivity index (χ3n) is 5.99. The van der Waals surface area contributed by atoms with Gasteiger partial charge >= 0.3 is 5.97 Å². The highest BCUT2D eigenvalue weighted by Gasteiger charge is 2.28. The number of nitrogen functional groups attached to an aromatic ring is 1. The zero-order valence-electron chi connectivity index (χ0n) is 21.9. The number of piperidine rings is 1. The summed E-state index contributed by atoms with van der Waals surface area (Å²) >= 11 is 0. The van der Waals surface area contributed by atoms with Gasteiger partial charge in [-0.3, -0.25) is 9.36 Å². The molecule has 1 saturated heterocycles. The van der Waals surface area contributed by atoms with Gasteiger partial charge in [0, 0.05) is 14.5 Å². The normalized spacial score (nSPS) is 14.8. The second-order valence-corrected chi connectivity index (χ2v) is 8.44. The van der Waals surface area contributed by atoms with Crippen LogP contribution in [0.3, 0.4) is 0 Å².